The summed E-state index contributed by atoms with van der Waals surface area (Å²) >= 11 is 6.28. The van der Waals surface area contributed by atoms with Crippen LogP contribution in [0.15, 0.2) is 60.7 Å². The van der Waals surface area contributed by atoms with Gasteiger partial charge in [-0.1, -0.05) is 48.0 Å². The van der Waals surface area contributed by atoms with Gasteiger partial charge in [0.05, 0.1) is 23.9 Å². The van der Waals surface area contributed by atoms with Crippen molar-refractivity contribution in [2.75, 3.05) is 18.1 Å². The number of nitrogens with zero attached hydrogens (tertiary/aromatic N) is 3. The molecule has 0 atom stereocenters. The van der Waals surface area contributed by atoms with Crippen LogP contribution in [0.4, 0.5) is 20.6 Å². The maximum Gasteiger partial charge on any atom is 0.332 e. The van der Waals surface area contributed by atoms with Gasteiger partial charge in [0.2, 0.25) is 5.69 Å². The second-order valence-electron chi connectivity index (χ2n) is 8.99. The number of hydrogen-bond donors (Lipinski definition) is 0. The zero-order valence-electron chi connectivity index (χ0n) is 20.2. The van der Waals surface area contributed by atoms with Gasteiger partial charge in [-0.15, -0.1) is 0 Å². The van der Waals surface area contributed by atoms with Crippen LogP contribution >= 0.6 is 11.6 Å². The fraction of sp³-hybridized carbons (Fsp3) is 0.250. The van der Waals surface area contributed by atoms with E-state index in [-0.39, 0.29) is 22.4 Å². The van der Waals surface area contributed by atoms with Crippen molar-refractivity contribution in [2.45, 2.75) is 32.7 Å². The summed E-state index contributed by atoms with van der Waals surface area (Å²) in [6.07, 6.45) is 0.502. The van der Waals surface area contributed by atoms with Crippen LogP contribution in [0, 0.1) is 19.3 Å². The van der Waals surface area contributed by atoms with Crippen molar-refractivity contribution in [3.63, 3.8) is 0 Å². The fourth-order valence-electron chi connectivity index (χ4n) is 4.25. The van der Waals surface area contributed by atoms with Crippen molar-refractivity contribution >= 4 is 34.9 Å². The summed E-state index contributed by atoms with van der Waals surface area (Å²) in [5, 5.41) is 0.230. The van der Waals surface area contributed by atoms with E-state index in [2.05, 4.69) is 4.85 Å². The first kappa shape index (κ1) is 25.2. The van der Waals surface area contributed by atoms with Crippen molar-refractivity contribution in [3.8, 4) is 16.9 Å². The lowest BCUT2D eigenvalue weighted by molar-refractivity contribution is -0.123. The molecule has 3 amide bonds. The monoisotopic (exact) mass is 505 g/mol. The van der Waals surface area contributed by atoms with Gasteiger partial charge >= 0.3 is 6.03 Å². The van der Waals surface area contributed by atoms with E-state index in [4.69, 9.17) is 22.9 Å². The van der Waals surface area contributed by atoms with Crippen molar-refractivity contribution in [1.29, 1.82) is 0 Å². The highest BCUT2D eigenvalue weighted by atomic mass is 35.5. The van der Waals surface area contributed by atoms with Gasteiger partial charge < -0.3 is 9.64 Å². The third-order valence-electron chi connectivity index (χ3n) is 6.36. The van der Waals surface area contributed by atoms with E-state index in [1.165, 1.54) is 17.0 Å². The van der Waals surface area contributed by atoms with Crippen LogP contribution in [0.1, 0.15) is 25.8 Å². The van der Waals surface area contributed by atoms with E-state index in [0.717, 1.165) is 10.5 Å². The molecule has 0 radical (unpaired) electrons. The van der Waals surface area contributed by atoms with Gasteiger partial charge in [-0.05, 0) is 62.6 Å². The first-order valence-corrected chi connectivity index (χ1v) is 11.8. The van der Waals surface area contributed by atoms with Crippen LogP contribution in [-0.2, 0) is 4.79 Å². The summed E-state index contributed by atoms with van der Waals surface area (Å²) in [6, 6.07) is 16.4. The number of urea groups is 1. The Morgan fingerprint density at radius 1 is 1.06 bits per heavy atom. The number of hydrogen-bond acceptors (Lipinski definition) is 3. The molecule has 6 nitrogen and oxygen atoms in total. The first-order valence-electron chi connectivity index (χ1n) is 11.5. The van der Waals surface area contributed by atoms with Crippen LogP contribution in [-0.4, -0.2) is 35.5 Å². The van der Waals surface area contributed by atoms with E-state index in [0.29, 0.717) is 42.1 Å². The van der Waals surface area contributed by atoms with Crippen LogP contribution in [0.3, 0.4) is 0 Å². The molecule has 184 valence electrons. The molecule has 8 heteroatoms. The average Bonchev–Trinajstić information content (AvgIpc) is 3.03. The summed E-state index contributed by atoms with van der Waals surface area (Å²) in [5.41, 5.74) is 1.38. The Morgan fingerprint density at radius 3 is 2.42 bits per heavy atom. The lowest BCUT2D eigenvalue weighted by Gasteiger charge is -2.27. The Morgan fingerprint density at radius 2 is 1.75 bits per heavy atom. The molecule has 0 bridgehead atoms. The maximum absolute atomic E-state index is 14.0. The minimum atomic E-state index is -1.05. The SMILES string of the molecule is [C-]#[N+]c1ccc(N2C(=O)N(CCCOc3ccc(-c4ccccc4F)cc3)C(C)(C)C2=O)c(C)c1Cl. The third-order valence-corrected chi connectivity index (χ3v) is 6.83. The number of imide groups is 1. The molecule has 36 heavy (non-hydrogen) atoms. The molecule has 1 saturated heterocycles. The Bertz CT molecular complexity index is 1370. The number of amides is 3. The van der Waals surface area contributed by atoms with Crippen molar-refractivity contribution in [2.24, 2.45) is 0 Å². The predicted molar refractivity (Wildman–Crippen MR) is 138 cm³/mol. The van der Waals surface area contributed by atoms with Crippen molar-refractivity contribution in [3.05, 3.63) is 88.5 Å². The van der Waals surface area contributed by atoms with E-state index < -0.39 is 11.6 Å². The second kappa shape index (κ2) is 10.00. The van der Waals surface area contributed by atoms with Gasteiger partial charge in [0.15, 0.2) is 0 Å². The lowest BCUT2D eigenvalue weighted by Crippen LogP contribution is -2.44. The van der Waals surface area contributed by atoms with E-state index >= 15 is 0 Å². The molecule has 0 aromatic heterocycles. The zero-order valence-corrected chi connectivity index (χ0v) is 21.0. The summed E-state index contributed by atoms with van der Waals surface area (Å²) in [4.78, 5) is 32.5. The second-order valence-corrected chi connectivity index (χ2v) is 9.37. The molecule has 0 aliphatic carbocycles. The quantitative estimate of drug-likeness (QED) is 0.197. The summed E-state index contributed by atoms with van der Waals surface area (Å²) < 4.78 is 19.8. The predicted octanol–water partition coefficient (Wildman–Crippen LogP) is 7.02. The molecule has 0 N–H and O–H groups in total. The first-order chi connectivity index (χ1) is 17.2. The van der Waals surface area contributed by atoms with Gasteiger partial charge in [-0.3, -0.25) is 4.79 Å². The van der Waals surface area contributed by atoms with Gasteiger partial charge in [-0.2, -0.15) is 0 Å². The number of ether oxygens (including phenoxy) is 1. The number of halogens is 2. The average molecular weight is 506 g/mol. The smallest absolute Gasteiger partial charge is 0.332 e. The van der Waals surface area contributed by atoms with E-state index in [1.807, 2.05) is 0 Å². The molecule has 1 heterocycles. The Labute approximate surface area is 214 Å². The third kappa shape index (κ3) is 4.52. The highest BCUT2D eigenvalue weighted by Crippen LogP contribution is 2.39. The molecular weight excluding hydrogens is 481 g/mol. The van der Waals surface area contributed by atoms with Gasteiger partial charge in [0.1, 0.15) is 17.1 Å². The molecule has 4 rings (SSSR count). The minimum absolute atomic E-state index is 0.230. The molecule has 0 unspecified atom stereocenters. The van der Waals surface area contributed by atoms with Crippen molar-refractivity contribution < 1.29 is 18.7 Å². The van der Waals surface area contributed by atoms with Crippen LogP contribution < -0.4 is 9.64 Å². The number of carbonyl (C=O) groups is 2. The highest BCUT2D eigenvalue weighted by Gasteiger charge is 2.51. The molecule has 0 spiro atoms. The summed E-state index contributed by atoms with van der Waals surface area (Å²) in [6.45, 7) is 13.0. The highest BCUT2D eigenvalue weighted by molar-refractivity contribution is 6.35. The van der Waals surface area contributed by atoms with Crippen molar-refractivity contribution in [1.82, 2.24) is 4.90 Å². The van der Waals surface area contributed by atoms with Gasteiger partial charge in [0.25, 0.3) is 5.91 Å². The Hall–Kier alpha value is -3.89. The molecule has 3 aromatic carbocycles. The standard InChI is InChI=1S/C28H25ClFN3O3/c1-18-24(15-14-23(31-4)25(18)29)33-26(34)28(2,3)32(27(33)35)16-7-17-36-20-12-10-19(11-13-20)21-8-5-6-9-22(21)30/h5-6,8-15H,7,16-17H2,1-3H3. The minimum Gasteiger partial charge on any atom is -0.494 e. The number of anilines is 1. The molecule has 1 aliphatic heterocycles. The lowest BCUT2D eigenvalue weighted by atomic mass is 10.0. The topological polar surface area (TPSA) is 54.2 Å². The summed E-state index contributed by atoms with van der Waals surface area (Å²) in [5.74, 6) is -0.00991. The number of rotatable bonds is 7. The molecule has 1 aliphatic rings. The molecule has 1 fully saturated rings. The fourth-order valence-corrected chi connectivity index (χ4v) is 4.45. The van der Waals surface area contributed by atoms with Gasteiger partial charge in [0, 0.05) is 12.1 Å². The molecule has 3 aromatic rings. The van der Waals surface area contributed by atoms with Crippen LogP contribution in [0.2, 0.25) is 5.02 Å². The number of carbonyl (C=O) groups excluding carboxylic acids is 2. The summed E-state index contributed by atoms with van der Waals surface area (Å²) in [7, 11) is 0. The van der Waals surface area contributed by atoms with E-state index in [1.54, 1.807) is 69.3 Å². The maximum atomic E-state index is 14.0. The Balaban J connectivity index is 1.40. The number of benzene rings is 3. The normalized spacial score (nSPS) is 14.8. The zero-order chi connectivity index (χ0) is 26.0. The van der Waals surface area contributed by atoms with Crippen LogP contribution in [0.25, 0.3) is 16.0 Å². The largest absolute Gasteiger partial charge is 0.494 e. The molecule has 0 saturated carbocycles. The van der Waals surface area contributed by atoms with Crippen LogP contribution in [0.5, 0.6) is 5.75 Å². The van der Waals surface area contributed by atoms with E-state index in [9.17, 15) is 14.0 Å². The molecular formula is C28H25ClFN3O3. The Kier molecular flexibility index (Phi) is 7.00. The van der Waals surface area contributed by atoms with Gasteiger partial charge in [-0.25, -0.2) is 18.9 Å².